The van der Waals surface area contributed by atoms with Crippen LogP contribution in [0.25, 0.3) is 154 Å². The van der Waals surface area contributed by atoms with Gasteiger partial charge in [-0.1, -0.05) is 231 Å². The summed E-state index contributed by atoms with van der Waals surface area (Å²) < 4.78 is 5.23. The van der Waals surface area contributed by atoms with Gasteiger partial charge < -0.3 is 9.13 Å². The van der Waals surface area contributed by atoms with Gasteiger partial charge in [-0.3, -0.25) is 9.97 Å². The van der Waals surface area contributed by atoms with E-state index in [1.807, 2.05) is 24.8 Å². The Balaban J connectivity index is 1.18. The highest BCUT2D eigenvalue weighted by molar-refractivity contribution is 6.44. The molecule has 4 aromatic heterocycles. The van der Waals surface area contributed by atoms with E-state index in [9.17, 15) is 0 Å². The van der Waals surface area contributed by atoms with E-state index in [0.29, 0.717) is 0 Å². The van der Waals surface area contributed by atoms with Crippen LogP contribution in [0.1, 0.15) is 0 Å². The van der Waals surface area contributed by atoms with Crippen molar-refractivity contribution >= 4 is 75.7 Å². The van der Waals surface area contributed by atoms with Crippen molar-refractivity contribution in [2.24, 2.45) is 0 Å². The molecule has 0 aliphatic rings. The topological polar surface area (TPSA) is 35.6 Å². The molecule has 4 nitrogen and oxygen atoms in total. The van der Waals surface area contributed by atoms with Gasteiger partial charge >= 0.3 is 0 Å². The molecule has 0 saturated carbocycles. The summed E-state index contributed by atoms with van der Waals surface area (Å²) in [5.74, 6) is 0. The highest BCUT2D eigenvalue weighted by atomic mass is 15.0. The summed E-state index contributed by atoms with van der Waals surface area (Å²) in [4.78, 5) is 8.80. The van der Waals surface area contributed by atoms with Crippen LogP contribution in [-0.4, -0.2) is 19.1 Å². The Morgan fingerprint density at radius 2 is 0.512 bits per heavy atom. The largest absolute Gasteiger partial charge is 0.307 e. The van der Waals surface area contributed by atoms with E-state index in [-0.39, 0.29) is 0 Å². The third-order valence-electron chi connectivity index (χ3n) is 16.5. The number of hydrogen-bond acceptors (Lipinski definition) is 2. The highest BCUT2D eigenvalue weighted by Crippen LogP contribution is 2.56. The summed E-state index contributed by atoms with van der Waals surface area (Å²) >= 11 is 0. The monoisotopic (exact) mass is 1020 g/mol. The zero-order valence-corrected chi connectivity index (χ0v) is 43.5. The number of fused-ring (bicyclic) bond motifs is 13. The SMILES string of the molecule is c1ccc(-c2c(-c3ccccc3)n(-c3ccc(-c4ccncc4)c4ccccc34)c3c4ccccc4c4c5c(-c6ccccc6)c(-c6ccccc6)n(-c6ccc(-c7ccncc7)c7ccccc67)c5c5ccccc5c4c23)cc1. The Labute approximate surface area is 462 Å². The predicted octanol–water partition coefficient (Wildman–Crippen LogP) is 20.1. The van der Waals surface area contributed by atoms with Crippen LogP contribution in [0.4, 0.5) is 0 Å². The second-order valence-electron chi connectivity index (χ2n) is 20.7. The lowest BCUT2D eigenvalue weighted by Gasteiger charge is -2.19. The van der Waals surface area contributed by atoms with E-state index in [4.69, 9.17) is 0 Å². The van der Waals surface area contributed by atoms with E-state index < -0.39 is 0 Å². The Morgan fingerprint density at radius 3 is 0.875 bits per heavy atom. The molecule has 0 aliphatic heterocycles. The maximum Gasteiger partial charge on any atom is 0.0626 e. The molecule has 0 bridgehead atoms. The van der Waals surface area contributed by atoms with Gasteiger partial charge in [0.2, 0.25) is 0 Å². The van der Waals surface area contributed by atoms with Gasteiger partial charge in [0.05, 0.1) is 33.8 Å². The Bertz CT molecular complexity index is 4740. The van der Waals surface area contributed by atoms with Gasteiger partial charge in [0, 0.05) is 79.0 Å². The normalized spacial score (nSPS) is 11.8. The lowest BCUT2D eigenvalue weighted by molar-refractivity contribution is 1.16. The van der Waals surface area contributed by atoms with E-state index >= 15 is 0 Å². The first kappa shape index (κ1) is 45.5. The van der Waals surface area contributed by atoms with E-state index in [1.165, 1.54) is 87.1 Å². The fraction of sp³-hybridized carbons (Fsp3) is 0. The summed E-state index contributed by atoms with van der Waals surface area (Å²) in [6, 6.07) is 98.4. The number of benzene rings is 12. The molecule has 0 fully saturated rings. The molecule has 0 amide bonds. The molecular weight excluding hydrogens is 969 g/mol. The average molecular weight is 1020 g/mol. The van der Waals surface area contributed by atoms with Gasteiger partial charge in [-0.05, 0) is 102 Å². The molecule has 0 atom stereocenters. The number of nitrogens with zero attached hydrogens (tertiary/aromatic N) is 4. The fourth-order valence-corrected chi connectivity index (χ4v) is 13.3. The van der Waals surface area contributed by atoms with Crippen molar-refractivity contribution in [3.63, 3.8) is 0 Å². The maximum absolute atomic E-state index is 4.40. The van der Waals surface area contributed by atoms with Crippen molar-refractivity contribution in [2.75, 3.05) is 0 Å². The fourth-order valence-electron chi connectivity index (χ4n) is 13.3. The molecule has 12 aromatic carbocycles. The smallest absolute Gasteiger partial charge is 0.0626 e. The van der Waals surface area contributed by atoms with Gasteiger partial charge in [-0.25, -0.2) is 0 Å². The zero-order chi connectivity index (χ0) is 52.7. The standard InChI is InChI=1S/C76H48N4/c1-5-21-51(22-6-1)67-71-69-61-33-17-20-36-64(61)76-72(68(52-23-7-2-8-24-52)74(54-27-11-4-12-28-54)80(76)66-40-38-56(50-43-47-78-48-44-50)58-30-14-16-32-60(58)66)70(69)62-34-18-19-35-63(62)75(71)79(73(67)53-25-9-3-10-26-53)65-39-37-55(49-41-45-77-46-42-49)57-29-13-15-31-59(57)65/h1-48H. The third-order valence-corrected chi connectivity index (χ3v) is 16.5. The third kappa shape index (κ3) is 6.89. The summed E-state index contributed by atoms with van der Waals surface area (Å²) in [7, 11) is 0. The maximum atomic E-state index is 4.40. The van der Waals surface area contributed by atoms with Crippen LogP contribution < -0.4 is 0 Å². The molecule has 4 heteroatoms. The van der Waals surface area contributed by atoms with Crippen LogP contribution in [0.2, 0.25) is 0 Å². The minimum absolute atomic E-state index is 1.11. The molecule has 0 N–H and O–H groups in total. The van der Waals surface area contributed by atoms with Crippen LogP contribution in [0, 0.1) is 0 Å². The van der Waals surface area contributed by atoms with Gasteiger partial charge in [0.1, 0.15) is 0 Å². The highest BCUT2D eigenvalue weighted by Gasteiger charge is 2.32. The van der Waals surface area contributed by atoms with Gasteiger partial charge in [0.25, 0.3) is 0 Å². The van der Waals surface area contributed by atoms with Crippen molar-refractivity contribution in [1.82, 2.24) is 19.1 Å². The van der Waals surface area contributed by atoms with E-state index in [1.54, 1.807) is 0 Å². The average Bonchev–Trinajstić information content (AvgIpc) is 3.91. The quantitative estimate of drug-likeness (QED) is 0.142. The van der Waals surface area contributed by atoms with E-state index in [2.05, 4.69) is 286 Å². The Hall–Kier alpha value is -10.7. The predicted molar refractivity (Wildman–Crippen MR) is 336 cm³/mol. The van der Waals surface area contributed by atoms with E-state index in [0.717, 1.165) is 66.9 Å². The van der Waals surface area contributed by atoms with Crippen molar-refractivity contribution in [3.8, 4) is 78.4 Å². The number of aromatic nitrogens is 4. The lowest BCUT2D eigenvalue weighted by Crippen LogP contribution is -2.01. The minimum Gasteiger partial charge on any atom is -0.307 e. The molecule has 0 unspecified atom stereocenters. The van der Waals surface area contributed by atoms with Crippen LogP contribution in [-0.2, 0) is 0 Å². The summed E-state index contributed by atoms with van der Waals surface area (Å²) in [5, 5.41) is 14.3. The molecule has 16 rings (SSSR count). The lowest BCUT2D eigenvalue weighted by atomic mass is 9.86. The number of pyridine rings is 2. The first-order valence-electron chi connectivity index (χ1n) is 27.4. The minimum atomic E-state index is 1.11. The first-order valence-corrected chi connectivity index (χ1v) is 27.4. The second-order valence-corrected chi connectivity index (χ2v) is 20.7. The molecule has 80 heavy (non-hydrogen) atoms. The molecule has 0 saturated heterocycles. The van der Waals surface area contributed by atoms with Crippen LogP contribution >= 0.6 is 0 Å². The summed E-state index contributed by atoms with van der Waals surface area (Å²) in [6.07, 6.45) is 7.55. The summed E-state index contributed by atoms with van der Waals surface area (Å²) in [6.45, 7) is 0. The Kier molecular flexibility index (Phi) is 10.5. The number of hydrogen-bond donors (Lipinski definition) is 0. The van der Waals surface area contributed by atoms with Crippen molar-refractivity contribution < 1.29 is 0 Å². The summed E-state index contributed by atoms with van der Waals surface area (Å²) in [5.41, 5.74) is 18.4. The van der Waals surface area contributed by atoms with Crippen molar-refractivity contribution in [3.05, 3.63) is 292 Å². The van der Waals surface area contributed by atoms with Crippen LogP contribution in [0.5, 0.6) is 0 Å². The van der Waals surface area contributed by atoms with Gasteiger partial charge in [0.15, 0.2) is 0 Å². The molecule has 372 valence electrons. The first-order chi connectivity index (χ1) is 39.8. The van der Waals surface area contributed by atoms with Gasteiger partial charge in [-0.15, -0.1) is 0 Å². The van der Waals surface area contributed by atoms with Crippen LogP contribution in [0.15, 0.2) is 292 Å². The van der Waals surface area contributed by atoms with Crippen LogP contribution in [0.3, 0.4) is 0 Å². The zero-order valence-electron chi connectivity index (χ0n) is 43.5. The molecule has 0 spiro atoms. The van der Waals surface area contributed by atoms with Crippen molar-refractivity contribution in [1.29, 1.82) is 0 Å². The molecule has 0 radical (unpaired) electrons. The van der Waals surface area contributed by atoms with Crippen molar-refractivity contribution in [2.45, 2.75) is 0 Å². The van der Waals surface area contributed by atoms with Gasteiger partial charge in [-0.2, -0.15) is 0 Å². The molecule has 0 aliphatic carbocycles. The molecular formula is C76H48N4. The second kappa shape index (κ2) is 18.5. The number of rotatable bonds is 8. The molecule has 16 aromatic rings. The molecule has 4 heterocycles. The Morgan fingerprint density at radius 1 is 0.212 bits per heavy atom.